The number of aliphatic hydroxyl groups excluding tert-OH is 1. The second kappa shape index (κ2) is 6.96. The predicted octanol–water partition coefficient (Wildman–Crippen LogP) is 2.29. The lowest BCUT2D eigenvalue weighted by atomic mass is 10.2. The molecule has 0 aliphatic heterocycles. The number of hydrogen-bond acceptors (Lipinski definition) is 5. The Labute approximate surface area is 125 Å². The van der Waals surface area contributed by atoms with Crippen molar-refractivity contribution in [1.29, 1.82) is 0 Å². The van der Waals surface area contributed by atoms with Crippen molar-refractivity contribution in [3.63, 3.8) is 0 Å². The van der Waals surface area contributed by atoms with E-state index in [1.165, 1.54) is 17.0 Å². The van der Waals surface area contributed by atoms with Crippen molar-refractivity contribution >= 4 is 22.2 Å². The summed E-state index contributed by atoms with van der Waals surface area (Å²) in [6.45, 7) is 0.372. The fraction of sp³-hybridized carbons (Fsp3) is 0.214. The molecule has 110 valence electrons. The fourth-order valence-electron chi connectivity index (χ4n) is 1.87. The van der Waals surface area contributed by atoms with Crippen molar-refractivity contribution < 1.29 is 14.8 Å². The lowest BCUT2D eigenvalue weighted by molar-refractivity contribution is -0.380. The standard InChI is InChI=1S/C14H14N2O4S/c17-9-8-15(10-11-4-2-1-3-5-11)14(18)12-6-7-13(21-12)16(19)20/h1-7,17H,8-10H2. The molecule has 0 saturated heterocycles. The third-order valence-electron chi connectivity index (χ3n) is 2.86. The Morgan fingerprint density at radius 1 is 1.24 bits per heavy atom. The molecule has 6 nitrogen and oxygen atoms in total. The van der Waals surface area contributed by atoms with Gasteiger partial charge in [-0.25, -0.2) is 0 Å². The minimum atomic E-state index is -0.519. The third kappa shape index (κ3) is 3.87. The van der Waals surface area contributed by atoms with E-state index < -0.39 is 4.92 Å². The SMILES string of the molecule is O=C(c1ccc([N+](=O)[O-])s1)N(CCO)Cc1ccccc1. The van der Waals surface area contributed by atoms with Crippen LogP contribution < -0.4 is 0 Å². The van der Waals surface area contributed by atoms with Crippen LogP contribution in [0.1, 0.15) is 15.2 Å². The molecule has 1 aromatic heterocycles. The Morgan fingerprint density at radius 3 is 2.52 bits per heavy atom. The van der Waals surface area contributed by atoms with E-state index in [0.717, 1.165) is 16.9 Å². The summed E-state index contributed by atoms with van der Waals surface area (Å²) in [5.74, 6) is -0.314. The third-order valence-corrected chi connectivity index (χ3v) is 3.88. The van der Waals surface area contributed by atoms with Crippen molar-refractivity contribution in [2.24, 2.45) is 0 Å². The number of aliphatic hydroxyl groups is 1. The minimum Gasteiger partial charge on any atom is -0.395 e. The number of rotatable bonds is 6. The molecular weight excluding hydrogens is 292 g/mol. The molecule has 0 saturated carbocycles. The van der Waals surface area contributed by atoms with Crippen molar-refractivity contribution in [3.8, 4) is 0 Å². The molecule has 1 heterocycles. The highest BCUT2D eigenvalue weighted by Gasteiger charge is 2.20. The average molecular weight is 306 g/mol. The van der Waals surface area contributed by atoms with Crippen LogP contribution in [-0.2, 0) is 6.54 Å². The van der Waals surface area contributed by atoms with Crippen LogP contribution in [0.3, 0.4) is 0 Å². The smallest absolute Gasteiger partial charge is 0.324 e. The molecule has 0 unspecified atom stereocenters. The molecule has 21 heavy (non-hydrogen) atoms. The summed E-state index contributed by atoms with van der Waals surface area (Å²) in [5.41, 5.74) is 0.936. The number of carbonyl (C=O) groups excluding carboxylic acids is 1. The number of nitro groups is 1. The van der Waals surface area contributed by atoms with Gasteiger partial charge in [0.2, 0.25) is 0 Å². The van der Waals surface area contributed by atoms with Crippen LogP contribution >= 0.6 is 11.3 Å². The van der Waals surface area contributed by atoms with E-state index in [-0.39, 0.29) is 24.1 Å². The summed E-state index contributed by atoms with van der Waals surface area (Å²) >= 11 is 0.842. The number of thiophene rings is 1. The van der Waals surface area contributed by atoms with Crippen LogP contribution in [0, 0.1) is 10.1 Å². The van der Waals surface area contributed by atoms with Gasteiger partial charge in [-0.15, -0.1) is 0 Å². The summed E-state index contributed by atoms with van der Waals surface area (Å²) in [6.07, 6.45) is 0. The molecule has 1 aromatic carbocycles. The monoisotopic (exact) mass is 306 g/mol. The second-order valence-electron chi connectivity index (χ2n) is 4.33. The summed E-state index contributed by atoms with van der Waals surface area (Å²) in [6, 6.07) is 12.1. The first-order valence-corrected chi connectivity index (χ1v) is 7.11. The van der Waals surface area contributed by atoms with E-state index in [0.29, 0.717) is 11.4 Å². The minimum absolute atomic E-state index is 0.0676. The Bertz CT molecular complexity index is 627. The maximum atomic E-state index is 12.4. The van der Waals surface area contributed by atoms with Gasteiger partial charge in [-0.2, -0.15) is 0 Å². The van der Waals surface area contributed by atoms with E-state index in [9.17, 15) is 14.9 Å². The van der Waals surface area contributed by atoms with Crippen molar-refractivity contribution in [3.05, 3.63) is 63.0 Å². The van der Waals surface area contributed by atoms with Crippen LogP contribution in [0.25, 0.3) is 0 Å². The van der Waals surface area contributed by atoms with E-state index >= 15 is 0 Å². The zero-order chi connectivity index (χ0) is 15.2. The van der Waals surface area contributed by atoms with Crippen LogP contribution in [0.15, 0.2) is 42.5 Å². The van der Waals surface area contributed by atoms with E-state index in [1.807, 2.05) is 30.3 Å². The molecule has 2 rings (SSSR count). The number of hydrogen-bond donors (Lipinski definition) is 1. The molecule has 7 heteroatoms. The summed E-state index contributed by atoms with van der Waals surface area (Å²) < 4.78 is 0. The van der Waals surface area contributed by atoms with E-state index in [2.05, 4.69) is 0 Å². The van der Waals surface area contributed by atoms with Crippen LogP contribution in [-0.4, -0.2) is 34.0 Å². The predicted molar refractivity (Wildman–Crippen MR) is 79.2 cm³/mol. The molecule has 0 atom stereocenters. The molecule has 0 spiro atoms. The Morgan fingerprint density at radius 2 is 1.95 bits per heavy atom. The maximum Gasteiger partial charge on any atom is 0.324 e. The first-order chi connectivity index (χ1) is 10.1. The average Bonchev–Trinajstić information content (AvgIpc) is 2.97. The summed E-state index contributed by atoms with van der Waals surface area (Å²) in [4.78, 5) is 24.3. The molecule has 2 aromatic rings. The van der Waals surface area contributed by atoms with Crippen molar-refractivity contribution in [2.45, 2.75) is 6.54 Å². The Balaban J connectivity index is 2.16. The van der Waals surface area contributed by atoms with E-state index in [4.69, 9.17) is 5.11 Å². The fourth-order valence-corrected chi connectivity index (χ4v) is 2.66. The highest BCUT2D eigenvalue weighted by atomic mass is 32.1. The molecule has 0 aliphatic rings. The van der Waals surface area contributed by atoms with Gasteiger partial charge in [-0.3, -0.25) is 14.9 Å². The quantitative estimate of drug-likeness (QED) is 0.655. The molecule has 0 radical (unpaired) electrons. The van der Waals surface area contributed by atoms with Gasteiger partial charge in [0, 0.05) is 19.2 Å². The van der Waals surface area contributed by atoms with Gasteiger partial charge in [-0.1, -0.05) is 41.7 Å². The highest BCUT2D eigenvalue weighted by molar-refractivity contribution is 7.17. The number of amides is 1. The zero-order valence-electron chi connectivity index (χ0n) is 11.1. The first-order valence-electron chi connectivity index (χ1n) is 6.30. The van der Waals surface area contributed by atoms with Crippen LogP contribution in [0.5, 0.6) is 0 Å². The van der Waals surface area contributed by atoms with Crippen molar-refractivity contribution in [1.82, 2.24) is 4.90 Å². The topological polar surface area (TPSA) is 83.7 Å². The lowest BCUT2D eigenvalue weighted by Crippen LogP contribution is -2.32. The number of nitrogens with zero attached hydrogens (tertiary/aromatic N) is 2. The summed E-state index contributed by atoms with van der Waals surface area (Å²) in [7, 11) is 0. The Kier molecular flexibility index (Phi) is 5.02. The number of carbonyl (C=O) groups is 1. The van der Waals surface area contributed by atoms with E-state index in [1.54, 1.807) is 0 Å². The molecule has 1 amide bonds. The van der Waals surface area contributed by atoms with Crippen LogP contribution in [0.2, 0.25) is 0 Å². The first kappa shape index (κ1) is 15.1. The largest absolute Gasteiger partial charge is 0.395 e. The van der Waals surface area contributed by atoms with Gasteiger partial charge in [0.25, 0.3) is 5.91 Å². The second-order valence-corrected chi connectivity index (χ2v) is 5.39. The molecular formula is C14H14N2O4S. The van der Waals surface area contributed by atoms with Gasteiger partial charge in [0.15, 0.2) is 0 Å². The van der Waals surface area contributed by atoms with Gasteiger partial charge < -0.3 is 10.0 Å². The van der Waals surface area contributed by atoms with Gasteiger partial charge in [-0.05, 0) is 11.6 Å². The van der Waals surface area contributed by atoms with Gasteiger partial charge >= 0.3 is 5.00 Å². The summed E-state index contributed by atoms with van der Waals surface area (Å²) in [5, 5.41) is 19.7. The lowest BCUT2D eigenvalue weighted by Gasteiger charge is -2.21. The zero-order valence-corrected chi connectivity index (χ0v) is 12.0. The molecule has 0 fully saturated rings. The number of benzene rings is 1. The maximum absolute atomic E-state index is 12.4. The molecule has 1 N–H and O–H groups in total. The van der Waals surface area contributed by atoms with Crippen LogP contribution in [0.4, 0.5) is 5.00 Å². The van der Waals surface area contributed by atoms with Crippen molar-refractivity contribution in [2.75, 3.05) is 13.2 Å². The molecule has 0 aliphatic carbocycles. The van der Waals surface area contributed by atoms with Gasteiger partial charge in [0.1, 0.15) is 0 Å². The Hall–Kier alpha value is -2.25. The highest BCUT2D eigenvalue weighted by Crippen LogP contribution is 2.25. The molecule has 0 bridgehead atoms. The van der Waals surface area contributed by atoms with Gasteiger partial charge in [0.05, 0.1) is 16.4 Å². The normalized spacial score (nSPS) is 10.3.